The summed E-state index contributed by atoms with van der Waals surface area (Å²) in [5.74, 6) is 0.183. The van der Waals surface area contributed by atoms with E-state index in [2.05, 4.69) is 4.98 Å². The zero-order valence-electron chi connectivity index (χ0n) is 13.1. The molecule has 0 aromatic carbocycles. The third kappa shape index (κ3) is 4.82. The van der Waals surface area contributed by atoms with Crippen LogP contribution in [0.5, 0.6) is 5.75 Å². The standard InChI is InChI=1S/C15H20F3N3O2/c1-3-23-12-5-4-11(19-8-12)9-20(2)13-6-7-21(14(13)22)10-15(16,17)18/h4-5,8,13H,3,6-7,9-10H2,1-2H3. The lowest BCUT2D eigenvalue weighted by atomic mass is 10.2. The van der Waals surface area contributed by atoms with E-state index in [1.165, 1.54) is 0 Å². The lowest BCUT2D eigenvalue weighted by Crippen LogP contribution is -2.42. The van der Waals surface area contributed by atoms with Crippen LogP contribution in [0.25, 0.3) is 0 Å². The zero-order valence-corrected chi connectivity index (χ0v) is 13.1. The van der Waals surface area contributed by atoms with Crippen molar-refractivity contribution in [3.8, 4) is 5.75 Å². The van der Waals surface area contributed by atoms with E-state index in [0.29, 0.717) is 25.3 Å². The van der Waals surface area contributed by atoms with Gasteiger partial charge in [-0.25, -0.2) is 0 Å². The monoisotopic (exact) mass is 331 g/mol. The number of aromatic nitrogens is 1. The van der Waals surface area contributed by atoms with E-state index in [4.69, 9.17) is 4.74 Å². The molecular formula is C15H20F3N3O2. The molecule has 0 spiro atoms. The van der Waals surface area contributed by atoms with Gasteiger partial charge >= 0.3 is 6.18 Å². The van der Waals surface area contributed by atoms with Crippen molar-refractivity contribution >= 4 is 5.91 Å². The fraction of sp³-hybridized carbons (Fsp3) is 0.600. The van der Waals surface area contributed by atoms with E-state index >= 15 is 0 Å². The number of halogens is 3. The first-order chi connectivity index (χ1) is 10.8. The third-order valence-electron chi connectivity index (χ3n) is 3.69. The number of hydrogen-bond acceptors (Lipinski definition) is 4. The molecule has 1 aliphatic rings. The van der Waals surface area contributed by atoms with Crippen LogP contribution in [-0.4, -0.2) is 59.7 Å². The molecule has 1 atom stereocenters. The van der Waals surface area contributed by atoms with Gasteiger partial charge in [0.05, 0.1) is 24.5 Å². The highest BCUT2D eigenvalue weighted by Crippen LogP contribution is 2.23. The average Bonchev–Trinajstić information content (AvgIpc) is 2.81. The molecule has 0 bridgehead atoms. The number of nitrogens with zero attached hydrogens (tertiary/aromatic N) is 3. The topological polar surface area (TPSA) is 45.7 Å². The van der Waals surface area contributed by atoms with E-state index < -0.39 is 24.7 Å². The molecule has 2 heterocycles. The lowest BCUT2D eigenvalue weighted by Gasteiger charge is -2.24. The van der Waals surface area contributed by atoms with Crippen LogP contribution in [0.3, 0.4) is 0 Å². The molecule has 2 rings (SSSR count). The molecule has 23 heavy (non-hydrogen) atoms. The van der Waals surface area contributed by atoms with E-state index in [9.17, 15) is 18.0 Å². The maximum atomic E-state index is 12.4. The molecule has 0 radical (unpaired) electrons. The molecule has 1 unspecified atom stereocenters. The number of carbonyl (C=O) groups is 1. The van der Waals surface area contributed by atoms with Crippen molar-refractivity contribution in [2.45, 2.75) is 32.1 Å². The number of ether oxygens (including phenoxy) is 1. The summed E-state index contributed by atoms with van der Waals surface area (Å²) in [6.07, 6.45) is -2.37. The van der Waals surface area contributed by atoms with Crippen LogP contribution >= 0.6 is 0 Å². The predicted octanol–water partition coefficient (Wildman–Crippen LogP) is 2.08. The van der Waals surface area contributed by atoms with Gasteiger partial charge in [-0.1, -0.05) is 0 Å². The second kappa shape index (κ2) is 7.16. The van der Waals surface area contributed by atoms with Crippen LogP contribution in [0, 0.1) is 0 Å². The largest absolute Gasteiger partial charge is 0.492 e. The van der Waals surface area contributed by atoms with E-state index in [1.807, 2.05) is 6.92 Å². The van der Waals surface area contributed by atoms with Crippen LogP contribution < -0.4 is 4.74 Å². The van der Waals surface area contributed by atoms with Crippen LogP contribution in [0.15, 0.2) is 18.3 Å². The number of hydrogen-bond donors (Lipinski definition) is 0. The van der Waals surface area contributed by atoms with E-state index in [1.54, 1.807) is 30.3 Å². The number of alkyl halides is 3. The van der Waals surface area contributed by atoms with Crippen LogP contribution in [-0.2, 0) is 11.3 Å². The fourth-order valence-corrected chi connectivity index (χ4v) is 2.63. The summed E-state index contributed by atoms with van der Waals surface area (Å²) in [5.41, 5.74) is 0.734. The summed E-state index contributed by atoms with van der Waals surface area (Å²) >= 11 is 0. The van der Waals surface area contributed by atoms with Gasteiger partial charge in [0.15, 0.2) is 0 Å². The SMILES string of the molecule is CCOc1ccc(CN(C)C2CCN(CC(F)(F)F)C2=O)nc1. The molecule has 128 valence electrons. The molecular weight excluding hydrogens is 311 g/mol. The van der Waals surface area contributed by atoms with E-state index in [-0.39, 0.29) is 6.54 Å². The highest BCUT2D eigenvalue weighted by molar-refractivity contribution is 5.84. The Morgan fingerprint density at radius 2 is 2.17 bits per heavy atom. The van der Waals surface area contributed by atoms with Gasteiger partial charge in [0.25, 0.3) is 0 Å². The smallest absolute Gasteiger partial charge is 0.406 e. The highest BCUT2D eigenvalue weighted by atomic mass is 19.4. The Bertz CT molecular complexity index is 534. The van der Waals surface area contributed by atoms with Crippen molar-refractivity contribution in [1.29, 1.82) is 0 Å². The van der Waals surface area contributed by atoms with Crippen molar-refractivity contribution in [1.82, 2.24) is 14.8 Å². The summed E-state index contributed by atoms with van der Waals surface area (Å²) in [5, 5.41) is 0. The normalized spacial score (nSPS) is 18.8. The minimum Gasteiger partial charge on any atom is -0.492 e. The average molecular weight is 331 g/mol. The predicted molar refractivity (Wildman–Crippen MR) is 77.9 cm³/mol. The van der Waals surface area contributed by atoms with Crippen molar-refractivity contribution in [2.24, 2.45) is 0 Å². The maximum Gasteiger partial charge on any atom is 0.406 e. The summed E-state index contributed by atoms with van der Waals surface area (Å²) in [6.45, 7) is 1.76. The fourth-order valence-electron chi connectivity index (χ4n) is 2.63. The quantitative estimate of drug-likeness (QED) is 0.801. The Balaban J connectivity index is 1.93. The molecule has 1 aromatic heterocycles. The molecule has 0 saturated carbocycles. The minimum atomic E-state index is -4.36. The number of likely N-dealkylation sites (N-methyl/N-ethyl adjacent to an activating group) is 1. The minimum absolute atomic E-state index is 0.129. The van der Waals surface area contributed by atoms with Gasteiger partial charge in [0.2, 0.25) is 5.91 Å². The second-order valence-corrected chi connectivity index (χ2v) is 5.51. The maximum absolute atomic E-state index is 12.4. The Kier molecular flexibility index (Phi) is 5.46. The summed E-state index contributed by atoms with van der Waals surface area (Å²) < 4.78 is 42.6. The first-order valence-corrected chi connectivity index (χ1v) is 7.43. The zero-order chi connectivity index (χ0) is 17.0. The number of pyridine rings is 1. The van der Waals surface area contributed by atoms with Crippen molar-refractivity contribution < 1.29 is 22.7 Å². The summed E-state index contributed by atoms with van der Waals surface area (Å²) in [4.78, 5) is 18.9. The Morgan fingerprint density at radius 1 is 1.43 bits per heavy atom. The van der Waals surface area contributed by atoms with Gasteiger partial charge in [0, 0.05) is 13.1 Å². The molecule has 0 aliphatic carbocycles. The van der Waals surface area contributed by atoms with Gasteiger partial charge in [0.1, 0.15) is 12.3 Å². The Morgan fingerprint density at radius 3 is 2.74 bits per heavy atom. The molecule has 1 aromatic rings. The van der Waals surface area contributed by atoms with Crippen molar-refractivity contribution in [3.05, 3.63) is 24.0 Å². The van der Waals surface area contributed by atoms with Crippen molar-refractivity contribution in [2.75, 3.05) is 26.7 Å². The van der Waals surface area contributed by atoms with Gasteiger partial charge < -0.3 is 9.64 Å². The molecule has 0 N–H and O–H groups in total. The summed E-state index contributed by atoms with van der Waals surface area (Å²) in [7, 11) is 1.72. The number of carbonyl (C=O) groups excluding carboxylic acids is 1. The number of likely N-dealkylation sites (tertiary alicyclic amines) is 1. The molecule has 1 aliphatic heterocycles. The first-order valence-electron chi connectivity index (χ1n) is 7.43. The van der Waals surface area contributed by atoms with Crippen LogP contribution in [0.2, 0.25) is 0 Å². The van der Waals surface area contributed by atoms with Crippen LogP contribution in [0.1, 0.15) is 19.0 Å². The molecule has 1 fully saturated rings. The third-order valence-corrected chi connectivity index (χ3v) is 3.69. The Hall–Kier alpha value is -1.83. The number of amides is 1. The number of rotatable bonds is 6. The second-order valence-electron chi connectivity index (χ2n) is 5.51. The van der Waals surface area contributed by atoms with E-state index in [0.717, 1.165) is 10.6 Å². The molecule has 8 heteroatoms. The van der Waals surface area contributed by atoms with Gasteiger partial charge in [-0.05, 0) is 32.5 Å². The van der Waals surface area contributed by atoms with Crippen LogP contribution in [0.4, 0.5) is 13.2 Å². The Labute approximate surface area is 133 Å². The van der Waals surface area contributed by atoms with Gasteiger partial charge in [-0.2, -0.15) is 13.2 Å². The highest BCUT2D eigenvalue weighted by Gasteiger charge is 2.40. The summed E-state index contributed by atoms with van der Waals surface area (Å²) in [6, 6.07) is 3.03. The molecule has 5 nitrogen and oxygen atoms in total. The van der Waals surface area contributed by atoms with Gasteiger partial charge in [-0.3, -0.25) is 14.7 Å². The van der Waals surface area contributed by atoms with Crippen molar-refractivity contribution in [3.63, 3.8) is 0 Å². The first kappa shape index (κ1) is 17.5. The molecule has 1 saturated heterocycles. The molecule has 1 amide bonds. The lowest BCUT2D eigenvalue weighted by molar-refractivity contribution is -0.159. The van der Waals surface area contributed by atoms with Gasteiger partial charge in [-0.15, -0.1) is 0 Å².